The van der Waals surface area contributed by atoms with E-state index in [0.29, 0.717) is 12.0 Å². The molecule has 2 amide bonds. The summed E-state index contributed by atoms with van der Waals surface area (Å²) in [5, 5.41) is 23.0. The van der Waals surface area contributed by atoms with Crippen LogP contribution in [-0.2, 0) is 25.6 Å². The quantitative estimate of drug-likeness (QED) is 0.357. The van der Waals surface area contributed by atoms with E-state index in [1.807, 2.05) is 6.92 Å². The maximum Gasteiger partial charge on any atom is 0.326 e. The fourth-order valence-electron chi connectivity index (χ4n) is 2.49. The molecule has 0 heterocycles. The molecule has 1 rings (SSSR count). The molecule has 1 aromatic carbocycles. The Kier molecular flexibility index (Phi) is 9.10. The van der Waals surface area contributed by atoms with Crippen LogP contribution in [0.3, 0.4) is 0 Å². The van der Waals surface area contributed by atoms with Crippen molar-refractivity contribution in [1.29, 1.82) is 0 Å². The predicted molar refractivity (Wildman–Crippen MR) is 101 cm³/mol. The van der Waals surface area contributed by atoms with Crippen LogP contribution in [0.1, 0.15) is 32.3 Å². The number of hydrogen-bond acceptors (Lipinski definition) is 5. The maximum atomic E-state index is 12.5. The number of amides is 2. The lowest BCUT2D eigenvalue weighted by molar-refractivity contribution is -0.143. The van der Waals surface area contributed by atoms with Crippen molar-refractivity contribution in [3.8, 4) is 0 Å². The fourth-order valence-corrected chi connectivity index (χ4v) is 2.49. The van der Waals surface area contributed by atoms with E-state index >= 15 is 0 Å². The Morgan fingerprint density at radius 1 is 1.00 bits per heavy atom. The molecule has 9 nitrogen and oxygen atoms in total. The number of rotatable bonds is 11. The van der Waals surface area contributed by atoms with Crippen LogP contribution in [0, 0.1) is 5.92 Å². The van der Waals surface area contributed by atoms with E-state index in [2.05, 4.69) is 10.6 Å². The minimum absolute atomic E-state index is 0.0159. The second-order valence-corrected chi connectivity index (χ2v) is 6.66. The molecule has 0 saturated carbocycles. The highest BCUT2D eigenvalue weighted by Crippen LogP contribution is 2.07. The van der Waals surface area contributed by atoms with Gasteiger partial charge in [0.15, 0.2) is 0 Å². The smallest absolute Gasteiger partial charge is 0.326 e. The van der Waals surface area contributed by atoms with E-state index in [4.69, 9.17) is 10.8 Å². The molecule has 0 fully saturated rings. The minimum atomic E-state index is -1.43. The van der Waals surface area contributed by atoms with Crippen LogP contribution in [0.25, 0.3) is 0 Å². The molecule has 4 unspecified atom stereocenters. The van der Waals surface area contributed by atoms with Crippen molar-refractivity contribution in [2.24, 2.45) is 11.7 Å². The van der Waals surface area contributed by atoms with Crippen molar-refractivity contribution in [3.05, 3.63) is 35.9 Å². The number of carbonyl (C=O) groups is 4. The number of nitrogens with one attached hydrogen (secondary N) is 2. The Morgan fingerprint density at radius 3 is 2.07 bits per heavy atom. The first-order chi connectivity index (χ1) is 13.1. The van der Waals surface area contributed by atoms with Gasteiger partial charge in [0, 0.05) is 6.42 Å². The average molecular weight is 393 g/mol. The third-order valence-corrected chi connectivity index (χ3v) is 4.47. The van der Waals surface area contributed by atoms with E-state index < -0.39 is 48.3 Å². The molecule has 0 aliphatic rings. The standard InChI is InChI=1S/C19H27N3O6/c1-3-11(2)16(20)18(26)21-13(10-15(23)24)17(25)22-14(19(27)28)9-12-7-5-4-6-8-12/h4-8,11,13-14,16H,3,9-10,20H2,1-2H3,(H,21,26)(H,22,25)(H,23,24)(H,27,28). The van der Waals surface area contributed by atoms with Crippen LogP contribution in [0.4, 0.5) is 0 Å². The number of carboxylic acids is 2. The van der Waals surface area contributed by atoms with Crippen LogP contribution in [-0.4, -0.2) is 52.1 Å². The first-order valence-electron chi connectivity index (χ1n) is 9.00. The molecule has 0 aliphatic carbocycles. The third-order valence-electron chi connectivity index (χ3n) is 4.47. The zero-order chi connectivity index (χ0) is 21.3. The van der Waals surface area contributed by atoms with Gasteiger partial charge in [-0.2, -0.15) is 0 Å². The van der Waals surface area contributed by atoms with Gasteiger partial charge >= 0.3 is 11.9 Å². The van der Waals surface area contributed by atoms with E-state index in [1.54, 1.807) is 37.3 Å². The Labute approximate surface area is 163 Å². The van der Waals surface area contributed by atoms with Gasteiger partial charge in [0.2, 0.25) is 11.8 Å². The summed E-state index contributed by atoms with van der Waals surface area (Å²) in [4.78, 5) is 47.3. The Hall–Kier alpha value is -2.94. The lowest BCUT2D eigenvalue weighted by Crippen LogP contribution is -2.56. The minimum Gasteiger partial charge on any atom is -0.481 e. The molecule has 1 aromatic rings. The van der Waals surface area contributed by atoms with E-state index in [9.17, 15) is 24.3 Å². The summed E-state index contributed by atoms with van der Waals surface area (Å²) in [5.41, 5.74) is 6.50. The van der Waals surface area contributed by atoms with Crippen LogP contribution < -0.4 is 16.4 Å². The van der Waals surface area contributed by atoms with Crippen LogP contribution >= 0.6 is 0 Å². The van der Waals surface area contributed by atoms with Crippen LogP contribution in [0.15, 0.2) is 30.3 Å². The van der Waals surface area contributed by atoms with Crippen molar-refractivity contribution < 1.29 is 29.4 Å². The molecule has 0 radical (unpaired) electrons. The summed E-state index contributed by atoms with van der Waals surface area (Å²) < 4.78 is 0. The second-order valence-electron chi connectivity index (χ2n) is 6.66. The highest BCUT2D eigenvalue weighted by Gasteiger charge is 2.30. The number of carboxylic acid groups (broad SMARTS) is 2. The van der Waals surface area contributed by atoms with Crippen molar-refractivity contribution in [2.75, 3.05) is 0 Å². The molecule has 6 N–H and O–H groups in total. The highest BCUT2D eigenvalue weighted by atomic mass is 16.4. The molecule has 0 spiro atoms. The molecule has 9 heteroatoms. The van der Waals surface area contributed by atoms with Crippen LogP contribution in [0.5, 0.6) is 0 Å². The number of benzene rings is 1. The Morgan fingerprint density at radius 2 is 1.57 bits per heavy atom. The van der Waals surface area contributed by atoms with E-state index in [1.165, 1.54) is 0 Å². The normalized spacial score (nSPS) is 15.0. The van der Waals surface area contributed by atoms with E-state index in [-0.39, 0.29) is 12.3 Å². The van der Waals surface area contributed by atoms with Crippen molar-refractivity contribution in [2.45, 2.75) is 51.2 Å². The summed E-state index contributed by atoms with van der Waals surface area (Å²) in [7, 11) is 0. The topological polar surface area (TPSA) is 159 Å². The van der Waals surface area contributed by atoms with Gasteiger partial charge in [-0.05, 0) is 11.5 Å². The first kappa shape index (κ1) is 23.1. The van der Waals surface area contributed by atoms with Crippen molar-refractivity contribution in [3.63, 3.8) is 0 Å². The molecule has 28 heavy (non-hydrogen) atoms. The zero-order valence-corrected chi connectivity index (χ0v) is 15.9. The molecule has 4 atom stereocenters. The van der Waals surface area contributed by atoms with Gasteiger partial charge in [0.1, 0.15) is 12.1 Å². The Bertz CT molecular complexity index is 694. The van der Waals surface area contributed by atoms with Gasteiger partial charge < -0.3 is 26.6 Å². The highest BCUT2D eigenvalue weighted by molar-refractivity contribution is 5.94. The summed E-state index contributed by atoms with van der Waals surface area (Å²) in [5.74, 6) is -4.30. The lowest BCUT2D eigenvalue weighted by atomic mass is 9.99. The van der Waals surface area contributed by atoms with Gasteiger partial charge in [-0.3, -0.25) is 14.4 Å². The van der Waals surface area contributed by atoms with Gasteiger partial charge in [-0.25, -0.2) is 4.79 Å². The zero-order valence-electron chi connectivity index (χ0n) is 15.9. The molecule has 0 aliphatic heterocycles. The lowest BCUT2D eigenvalue weighted by Gasteiger charge is -2.23. The molecule has 0 saturated heterocycles. The summed E-state index contributed by atoms with van der Waals surface area (Å²) in [6, 6.07) is 5.06. The second kappa shape index (κ2) is 11.0. The molecule has 154 valence electrons. The number of carbonyl (C=O) groups excluding carboxylic acids is 2. The largest absolute Gasteiger partial charge is 0.481 e. The van der Waals surface area contributed by atoms with Gasteiger partial charge in [0.25, 0.3) is 0 Å². The number of hydrogen-bond donors (Lipinski definition) is 5. The first-order valence-corrected chi connectivity index (χ1v) is 9.00. The number of aliphatic carboxylic acids is 2. The van der Waals surface area contributed by atoms with Crippen molar-refractivity contribution in [1.82, 2.24) is 10.6 Å². The maximum absolute atomic E-state index is 12.5. The van der Waals surface area contributed by atoms with Gasteiger partial charge in [-0.1, -0.05) is 50.6 Å². The van der Waals surface area contributed by atoms with Crippen molar-refractivity contribution >= 4 is 23.8 Å². The van der Waals surface area contributed by atoms with Crippen LogP contribution in [0.2, 0.25) is 0 Å². The monoisotopic (exact) mass is 393 g/mol. The predicted octanol–water partition coefficient (Wildman–Crippen LogP) is 0.131. The number of nitrogens with two attached hydrogens (primary N) is 1. The molecular weight excluding hydrogens is 366 g/mol. The van der Waals surface area contributed by atoms with Gasteiger partial charge in [-0.15, -0.1) is 0 Å². The molecule has 0 bridgehead atoms. The average Bonchev–Trinajstić information content (AvgIpc) is 2.65. The summed E-state index contributed by atoms with van der Waals surface area (Å²) >= 11 is 0. The van der Waals surface area contributed by atoms with Gasteiger partial charge in [0.05, 0.1) is 12.5 Å². The fraction of sp³-hybridized carbons (Fsp3) is 0.474. The molecular formula is C19H27N3O6. The summed E-state index contributed by atoms with van der Waals surface area (Å²) in [6.07, 6.45) is -0.0486. The van der Waals surface area contributed by atoms with E-state index in [0.717, 1.165) is 0 Å². The third kappa shape index (κ3) is 7.36. The Balaban J connectivity index is 2.87. The summed E-state index contributed by atoms with van der Waals surface area (Å²) in [6.45, 7) is 3.61. The SMILES string of the molecule is CCC(C)C(N)C(=O)NC(CC(=O)O)C(=O)NC(Cc1ccccc1)C(=O)O. The molecule has 0 aromatic heterocycles.